The van der Waals surface area contributed by atoms with Crippen LogP contribution in [0.4, 0.5) is 4.39 Å². The van der Waals surface area contributed by atoms with E-state index in [1.165, 1.54) is 6.07 Å². The standard InChI is InChI=1S/C19H20FNO4/c20-15-6-2-1-5-14(15)16-9-7-13(25-16)8-10-17(22)21-19(18(23)24)11-3-4-12-19/h1-2,5-7,9H,3-4,8,10-12H2,(H,21,22)(H,23,24). The first-order chi connectivity index (χ1) is 12.0. The molecule has 1 saturated carbocycles. The van der Waals surface area contributed by atoms with Crippen LogP contribution in [0.1, 0.15) is 37.9 Å². The van der Waals surface area contributed by atoms with E-state index in [-0.39, 0.29) is 18.1 Å². The number of furan rings is 1. The van der Waals surface area contributed by atoms with Crippen LogP contribution in [0.3, 0.4) is 0 Å². The van der Waals surface area contributed by atoms with E-state index < -0.39 is 11.5 Å². The van der Waals surface area contributed by atoms with Crippen LogP contribution < -0.4 is 5.32 Å². The minimum atomic E-state index is -1.13. The number of nitrogens with one attached hydrogen (secondary N) is 1. The van der Waals surface area contributed by atoms with Gasteiger partial charge in [0.05, 0.1) is 5.56 Å². The molecule has 0 bridgehead atoms. The average molecular weight is 345 g/mol. The molecule has 2 N–H and O–H groups in total. The van der Waals surface area contributed by atoms with E-state index in [4.69, 9.17) is 4.42 Å². The van der Waals surface area contributed by atoms with E-state index in [9.17, 15) is 19.1 Å². The minimum Gasteiger partial charge on any atom is -0.480 e. The molecule has 0 unspecified atom stereocenters. The fourth-order valence-corrected chi connectivity index (χ4v) is 3.26. The fraction of sp³-hybridized carbons (Fsp3) is 0.368. The molecule has 1 aromatic carbocycles. The smallest absolute Gasteiger partial charge is 0.329 e. The predicted octanol–water partition coefficient (Wildman–Crippen LogP) is 3.53. The van der Waals surface area contributed by atoms with Crippen LogP contribution >= 0.6 is 0 Å². The minimum absolute atomic E-state index is 0.124. The Morgan fingerprint density at radius 1 is 1.16 bits per heavy atom. The number of carbonyl (C=O) groups is 2. The second-order valence-electron chi connectivity index (χ2n) is 6.39. The van der Waals surface area contributed by atoms with E-state index in [1.807, 2.05) is 0 Å². The number of aryl methyl sites for hydroxylation is 1. The van der Waals surface area contributed by atoms with Crippen LogP contribution in [0.25, 0.3) is 11.3 Å². The monoisotopic (exact) mass is 345 g/mol. The summed E-state index contributed by atoms with van der Waals surface area (Å²) in [5, 5.41) is 12.1. The summed E-state index contributed by atoms with van der Waals surface area (Å²) in [5.41, 5.74) is -0.757. The first-order valence-corrected chi connectivity index (χ1v) is 8.38. The van der Waals surface area contributed by atoms with Gasteiger partial charge in [0.15, 0.2) is 0 Å². The lowest BCUT2D eigenvalue weighted by Crippen LogP contribution is -2.52. The van der Waals surface area contributed by atoms with Crippen molar-refractivity contribution in [2.24, 2.45) is 0 Å². The fourth-order valence-electron chi connectivity index (χ4n) is 3.26. The molecule has 0 atom stereocenters. The molecule has 1 amide bonds. The molecule has 1 aromatic heterocycles. The van der Waals surface area contributed by atoms with Gasteiger partial charge in [-0.2, -0.15) is 0 Å². The molecule has 5 nitrogen and oxygen atoms in total. The number of amides is 1. The van der Waals surface area contributed by atoms with Crippen molar-refractivity contribution >= 4 is 11.9 Å². The summed E-state index contributed by atoms with van der Waals surface area (Å²) in [5.74, 6) is -0.687. The van der Waals surface area contributed by atoms with Gasteiger partial charge in [-0.05, 0) is 37.1 Å². The maximum Gasteiger partial charge on any atom is 0.329 e. The summed E-state index contributed by atoms with van der Waals surface area (Å²) in [6, 6.07) is 9.69. The summed E-state index contributed by atoms with van der Waals surface area (Å²) in [6.45, 7) is 0. The highest BCUT2D eigenvalue weighted by molar-refractivity contribution is 5.87. The Balaban J connectivity index is 1.60. The van der Waals surface area contributed by atoms with Gasteiger partial charge in [0.25, 0.3) is 0 Å². The van der Waals surface area contributed by atoms with Gasteiger partial charge in [-0.3, -0.25) is 4.79 Å². The van der Waals surface area contributed by atoms with Crippen LogP contribution in [0, 0.1) is 5.82 Å². The zero-order chi connectivity index (χ0) is 17.9. The van der Waals surface area contributed by atoms with Crippen LogP contribution in [0.2, 0.25) is 0 Å². The van der Waals surface area contributed by atoms with Crippen molar-refractivity contribution in [2.75, 3.05) is 0 Å². The molecule has 1 aliphatic carbocycles. The Kier molecular flexibility index (Phi) is 4.88. The van der Waals surface area contributed by atoms with Crippen molar-refractivity contribution in [3.63, 3.8) is 0 Å². The third kappa shape index (κ3) is 3.73. The normalized spacial score (nSPS) is 15.9. The molecular formula is C19H20FNO4. The van der Waals surface area contributed by atoms with Gasteiger partial charge < -0.3 is 14.8 Å². The Labute approximate surface area is 144 Å². The molecule has 132 valence electrons. The van der Waals surface area contributed by atoms with E-state index in [0.29, 0.717) is 36.3 Å². The molecule has 0 saturated heterocycles. The molecular weight excluding hydrogens is 325 g/mol. The van der Waals surface area contributed by atoms with E-state index in [1.54, 1.807) is 30.3 Å². The number of halogens is 1. The maximum atomic E-state index is 13.8. The number of benzene rings is 1. The van der Waals surface area contributed by atoms with Crippen molar-refractivity contribution < 1.29 is 23.5 Å². The molecule has 1 heterocycles. The molecule has 1 aliphatic rings. The Bertz CT molecular complexity index is 777. The SMILES string of the molecule is O=C(CCc1ccc(-c2ccccc2F)o1)NC1(C(=O)O)CCCC1. The second-order valence-corrected chi connectivity index (χ2v) is 6.39. The Morgan fingerprint density at radius 3 is 2.56 bits per heavy atom. The number of carboxylic acid groups (broad SMARTS) is 1. The lowest BCUT2D eigenvalue weighted by Gasteiger charge is -2.25. The van der Waals surface area contributed by atoms with Crippen LogP contribution in [0.15, 0.2) is 40.8 Å². The first kappa shape index (κ1) is 17.2. The highest BCUT2D eigenvalue weighted by Crippen LogP contribution is 2.30. The van der Waals surface area contributed by atoms with Crippen molar-refractivity contribution in [3.05, 3.63) is 48.0 Å². The molecule has 0 radical (unpaired) electrons. The van der Waals surface area contributed by atoms with E-state index >= 15 is 0 Å². The first-order valence-electron chi connectivity index (χ1n) is 8.38. The lowest BCUT2D eigenvalue weighted by atomic mass is 9.97. The molecule has 0 spiro atoms. The van der Waals surface area contributed by atoms with Gasteiger partial charge >= 0.3 is 5.97 Å². The zero-order valence-electron chi connectivity index (χ0n) is 13.8. The van der Waals surface area contributed by atoms with Gasteiger partial charge in [-0.15, -0.1) is 0 Å². The lowest BCUT2D eigenvalue weighted by molar-refractivity contribution is -0.147. The predicted molar refractivity (Wildman–Crippen MR) is 89.4 cm³/mol. The molecule has 0 aliphatic heterocycles. The van der Waals surface area contributed by atoms with Crippen molar-refractivity contribution in [1.82, 2.24) is 5.32 Å². The highest BCUT2D eigenvalue weighted by atomic mass is 19.1. The topological polar surface area (TPSA) is 79.5 Å². The highest BCUT2D eigenvalue weighted by Gasteiger charge is 2.42. The number of hydrogen-bond acceptors (Lipinski definition) is 3. The van der Waals surface area contributed by atoms with Gasteiger partial charge in [-0.25, -0.2) is 9.18 Å². The number of aliphatic carboxylic acids is 1. The van der Waals surface area contributed by atoms with E-state index in [0.717, 1.165) is 12.8 Å². The number of hydrogen-bond donors (Lipinski definition) is 2. The van der Waals surface area contributed by atoms with Crippen LogP contribution in [0.5, 0.6) is 0 Å². The van der Waals surface area contributed by atoms with Gasteiger partial charge in [0.1, 0.15) is 22.9 Å². The van der Waals surface area contributed by atoms with Gasteiger partial charge in [0.2, 0.25) is 5.91 Å². The number of carbonyl (C=O) groups excluding carboxylic acids is 1. The largest absolute Gasteiger partial charge is 0.480 e. The summed E-state index contributed by atoms with van der Waals surface area (Å²) >= 11 is 0. The summed E-state index contributed by atoms with van der Waals surface area (Å²) < 4.78 is 19.4. The van der Waals surface area contributed by atoms with Gasteiger partial charge in [0, 0.05) is 12.8 Å². The molecule has 2 aromatic rings. The molecule has 3 rings (SSSR count). The summed E-state index contributed by atoms with van der Waals surface area (Å²) in [4.78, 5) is 23.6. The summed E-state index contributed by atoms with van der Waals surface area (Å²) in [7, 11) is 0. The number of carboxylic acids is 1. The quantitative estimate of drug-likeness (QED) is 0.839. The Morgan fingerprint density at radius 2 is 1.88 bits per heavy atom. The van der Waals surface area contributed by atoms with Crippen LogP contribution in [-0.2, 0) is 16.0 Å². The Hall–Kier alpha value is -2.63. The van der Waals surface area contributed by atoms with Crippen molar-refractivity contribution in [3.8, 4) is 11.3 Å². The molecule has 1 fully saturated rings. The zero-order valence-corrected chi connectivity index (χ0v) is 13.8. The van der Waals surface area contributed by atoms with Crippen molar-refractivity contribution in [2.45, 2.75) is 44.1 Å². The van der Waals surface area contributed by atoms with Gasteiger partial charge in [-0.1, -0.05) is 25.0 Å². The average Bonchev–Trinajstić information content (AvgIpc) is 3.23. The summed E-state index contributed by atoms with van der Waals surface area (Å²) in [6.07, 6.45) is 2.99. The third-order valence-electron chi connectivity index (χ3n) is 4.64. The van der Waals surface area contributed by atoms with Crippen molar-refractivity contribution in [1.29, 1.82) is 0 Å². The molecule has 6 heteroatoms. The third-order valence-corrected chi connectivity index (χ3v) is 4.64. The second kappa shape index (κ2) is 7.09. The number of rotatable bonds is 6. The molecule has 25 heavy (non-hydrogen) atoms. The van der Waals surface area contributed by atoms with Crippen LogP contribution in [-0.4, -0.2) is 22.5 Å². The maximum absolute atomic E-state index is 13.8. The van der Waals surface area contributed by atoms with E-state index in [2.05, 4.69) is 5.32 Å².